The normalized spacial score (nSPS) is 17.0. The highest BCUT2D eigenvalue weighted by molar-refractivity contribution is 7.91. The topological polar surface area (TPSA) is 81.0 Å². The van der Waals surface area contributed by atoms with Gasteiger partial charge in [0, 0.05) is 26.1 Å². The number of methoxy groups -OCH3 is 1. The molecule has 0 saturated carbocycles. The number of fused-ring (bicyclic) bond motifs is 1. The fraction of sp³-hybridized carbons (Fsp3) is 0.368. The second-order valence-corrected chi connectivity index (χ2v) is 11.9. The molecule has 3 aromatic rings. The SMILES string of the molecule is COc1ccc2c(c1)sc(=NC(=O)C1CCN(S(=O)(=O)c3ccc(Cl)s3)CC1)n2C. The number of benzene rings is 1. The third-order valence-electron chi connectivity index (χ3n) is 5.17. The van der Waals surface area contributed by atoms with Gasteiger partial charge >= 0.3 is 0 Å². The first-order valence-corrected chi connectivity index (χ1v) is 12.7. The van der Waals surface area contributed by atoms with Gasteiger partial charge in [-0.2, -0.15) is 9.30 Å². The van der Waals surface area contributed by atoms with Gasteiger partial charge in [-0.1, -0.05) is 22.9 Å². The molecule has 0 atom stereocenters. The van der Waals surface area contributed by atoms with Crippen molar-refractivity contribution in [1.29, 1.82) is 0 Å². The van der Waals surface area contributed by atoms with E-state index in [1.807, 2.05) is 29.8 Å². The number of sulfonamides is 1. The summed E-state index contributed by atoms with van der Waals surface area (Å²) in [5, 5.41) is 0. The molecule has 30 heavy (non-hydrogen) atoms. The van der Waals surface area contributed by atoms with Crippen LogP contribution < -0.4 is 9.54 Å². The van der Waals surface area contributed by atoms with E-state index in [2.05, 4.69) is 4.99 Å². The minimum absolute atomic E-state index is 0.208. The molecule has 7 nitrogen and oxygen atoms in total. The number of piperidine rings is 1. The Morgan fingerprint density at radius 1 is 1.20 bits per heavy atom. The number of halogens is 1. The number of thiazole rings is 1. The number of nitrogens with zero attached hydrogens (tertiary/aromatic N) is 3. The van der Waals surface area contributed by atoms with Gasteiger partial charge in [0.25, 0.3) is 15.9 Å². The quantitative estimate of drug-likeness (QED) is 0.566. The first-order valence-electron chi connectivity index (χ1n) is 9.27. The van der Waals surface area contributed by atoms with Crippen molar-refractivity contribution in [2.24, 2.45) is 18.0 Å². The molecule has 11 heteroatoms. The van der Waals surface area contributed by atoms with Gasteiger partial charge in [0.2, 0.25) is 0 Å². The summed E-state index contributed by atoms with van der Waals surface area (Å²) < 4.78 is 35.7. The Bertz CT molecular complexity index is 1270. The van der Waals surface area contributed by atoms with Gasteiger partial charge < -0.3 is 9.30 Å². The number of carbonyl (C=O) groups excluding carboxylic acids is 1. The molecular weight excluding hydrogens is 466 g/mol. The van der Waals surface area contributed by atoms with Gasteiger partial charge in [-0.25, -0.2) is 8.42 Å². The smallest absolute Gasteiger partial charge is 0.252 e. The molecule has 1 aromatic carbocycles. The maximum absolute atomic E-state index is 12.8. The molecule has 2 aromatic heterocycles. The molecule has 160 valence electrons. The van der Waals surface area contributed by atoms with E-state index in [1.54, 1.807) is 13.2 Å². The lowest BCUT2D eigenvalue weighted by Crippen LogP contribution is -2.40. The summed E-state index contributed by atoms with van der Waals surface area (Å²) in [5.74, 6) is 0.256. The first kappa shape index (κ1) is 21.5. The van der Waals surface area contributed by atoms with E-state index < -0.39 is 10.0 Å². The lowest BCUT2D eigenvalue weighted by Gasteiger charge is -2.29. The first-order chi connectivity index (χ1) is 14.3. The van der Waals surface area contributed by atoms with Gasteiger partial charge in [0.1, 0.15) is 9.96 Å². The van der Waals surface area contributed by atoms with Crippen LogP contribution in [0.25, 0.3) is 10.2 Å². The van der Waals surface area contributed by atoms with Crippen LogP contribution in [0.5, 0.6) is 5.75 Å². The van der Waals surface area contributed by atoms with Crippen LogP contribution in [0.4, 0.5) is 0 Å². The van der Waals surface area contributed by atoms with Crippen molar-refractivity contribution < 1.29 is 17.9 Å². The standard InChI is InChI=1S/C19H20ClN3O4S3/c1-22-14-4-3-13(27-2)11-15(14)28-19(22)21-18(24)12-7-9-23(10-8-12)30(25,26)17-6-5-16(20)29-17/h3-6,11-12H,7-10H2,1-2H3. The van der Waals surface area contributed by atoms with E-state index >= 15 is 0 Å². The highest BCUT2D eigenvalue weighted by atomic mass is 35.5. The number of rotatable bonds is 4. The molecule has 0 bridgehead atoms. The van der Waals surface area contributed by atoms with Gasteiger partial charge in [-0.15, -0.1) is 11.3 Å². The minimum atomic E-state index is -3.57. The number of aryl methyl sites for hydroxylation is 1. The van der Waals surface area contributed by atoms with Crippen LogP contribution in [0.1, 0.15) is 12.8 Å². The Hall–Kier alpha value is -1.72. The Labute approximate surface area is 187 Å². The van der Waals surface area contributed by atoms with E-state index in [0.29, 0.717) is 35.1 Å². The Morgan fingerprint density at radius 3 is 2.57 bits per heavy atom. The zero-order chi connectivity index (χ0) is 21.5. The van der Waals surface area contributed by atoms with E-state index in [0.717, 1.165) is 27.3 Å². The third-order valence-corrected chi connectivity index (χ3v) is 9.86. The van der Waals surface area contributed by atoms with Crippen LogP contribution in [0.15, 0.2) is 39.5 Å². The zero-order valence-electron chi connectivity index (χ0n) is 16.4. The monoisotopic (exact) mass is 485 g/mol. The summed E-state index contributed by atoms with van der Waals surface area (Å²) in [7, 11) is -0.0803. The molecule has 3 heterocycles. The van der Waals surface area contributed by atoms with Crippen molar-refractivity contribution in [2.75, 3.05) is 20.2 Å². The van der Waals surface area contributed by atoms with Crippen LogP contribution in [0.2, 0.25) is 4.34 Å². The second kappa shape index (κ2) is 8.43. The average Bonchev–Trinajstić information content (AvgIpc) is 3.31. The summed E-state index contributed by atoms with van der Waals surface area (Å²) >= 11 is 8.35. The van der Waals surface area contributed by atoms with Gasteiger partial charge in [-0.3, -0.25) is 4.79 Å². The molecule has 0 spiro atoms. The van der Waals surface area contributed by atoms with Crippen LogP contribution >= 0.6 is 34.3 Å². The fourth-order valence-electron chi connectivity index (χ4n) is 3.44. The Balaban J connectivity index is 1.50. The predicted molar refractivity (Wildman–Crippen MR) is 119 cm³/mol. The molecule has 1 fully saturated rings. The van der Waals surface area contributed by atoms with Crippen LogP contribution in [-0.4, -0.2) is 43.4 Å². The second-order valence-electron chi connectivity index (χ2n) is 6.96. The van der Waals surface area contributed by atoms with Gasteiger partial charge in [-0.05, 0) is 43.2 Å². The number of aromatic nitrogens is 1. The molecule has 0 radical (unpaired) electrons. The summed E-state index contributed by atoms with van der Waals surface area (Å²) in [6, 6.07) is 8.83. The molecule has 0 N–H and O–H groups in total. The largest absolute Gasteiger partial charge is 0.497 e. The fourth-order valence-corrected chi connectivity index (χ4v) is 7.60. The molecule has 1 amide bonds. The van der Waals surface area contributed by atoms with E-state index in [4.69, 9.17) is 16.3 Å². The lowest BCUT2D eigenvalue weighted by atomic mass is 9.98. The number of thiophene rings is 1. The molecule has 1 saturated heterocycles. The molecular formula is C19H20ClN3O4S3. The number of ether oxygens (including phenoxy) is 1. The Morgan fingerprint density at radius 2 is 1.93 bits per heavy atom. The van der Waals surface area contributed by atoms with Crippen molar-refractivity contribution in [3.63, 3.8) is 0 Å². The molecule has 4 rings (SSSR count). The van der Waals surface area contributed by atoms with Crippen molar-refractivity contribution in [1.82, 2.24) is 8.87 Å². The van der Waals surface area contributed by atoms with E-state index in [-0.39, 0.29) is 16.0 Å². The third kappa shape index (κ3) is 4.06. The van der Waals surface area contributed by atoms with Crippen molar-refractivity contribution in [3.05, 3.63) is 39.5 Å². The Kier molecular flexibility index (Phi) is 6.04. The number of hydrogen-bond acceptors (Lipinski definition) is 6. The summed E-state index contributed by atoms with van der Waals surface area (Å²) in [4.78, 5) is 17.7. The molecule has 0 aliphatic carbocycles. The summed E-state index contributed by atoms with van der Waals surface area (Å²) in [5.41, 5.74) is 0.975. The van der Waals surface area contributed by atoms with Crippen LogP contribution in [0, 0.1) is 5.92 Å². The highest BCUT2D eigenvalue weighted by Gasteiger charge is 2.32. The van der Waals surface area contributed by atoms with Crippen LogP contribution in [0.3, 0.4) is 0 Å². The van der Waals surface area contributed by atoms with E-state index in [9.17, 15) is 13.2 Å². The predicted octanol–water partition coefficient (Wildman–Crippen LogP) is 3.49. The highest BCUT2D eigenvalue weighted by Crippen LogP contribution is 2.31. The zero-order valence-corrected chi connectivity index (χ0v) is 19.6. The average molecular weight is 486 g/mol. The minimum Gasteiger partial charge on any atom is -0.497 e. The molecule has 1 aliphatic rings. The number of carbonyl (C=O) groups is 1. The van der Waals surface area contributed by atoms with Crippen LogP contribution in [-0.2, 0) is 21.9 Å². The molecule has 1 aliphatic heterocycles. The van der Waals surface area contributed by atoms with Gasteiger partial charge in [0.05, 0.1) is 21.7 Å². The number of hydrogen-bond donors (Lipinski definition) is 0. The van der Waals surface area contributed by atoms with Crippen molar-refractivity contribution in [3.8, 4) is 5.75 Å². The lowest BCUT2D eigenvalue weighted by molar-refractivity contribution is -0.122. The molecule has 0 unspecified atom stereocenters. The van der Waals surface area contributed by atoms with Gasteiger partial charge in [0.15, 0.2) is 4.80 Å². The van der Waals surface area contributed by atoms with E-state index in [1.165, 1.54) is 21.7 Å². The van der Waals surface area contributed by atoms with Crippen molar-refractivity contribution >= 4 is 60.4 Å². The maximum Gasteiger partial charge on any atom is 0.252 e. The summed E-state index contributed by atoms with van der Waals surface area (Å²) in [6.45, 7) is 0.582. The maximum atomic E-state index is 12.8. The summed E-state index contributed by atoms with van der Waals surface area (Å²) in [6.07, 6.45) is 0.895. The van der Waals surface area contributed by atoms with Crippen molar-refractivity contribution in [2.45, 2.75) is 17.1 Å². The number of amides is 1.